The lowest BCUT2D eigenvalue weighted by molar-refractivity contribution is 0.128. The highest BCUT2D eigenvalue weighted by molar-refractivity contribution is 5.64. The number of hydrogen-bond donors (Lipinski definition) is 2. The van der Waals surface area contributed by atoms with Gasteiger partial charge in [0.05, 0.1) is 4.91 Å². The second-order valence-electron chi connectivity index (χ2n) is 1.91. The third-order valence-corrected chi connectivity index (χ3v) is 0.826. The lowest BCUT2D eigenvalue weighted by Crippen LogP contribution is -2.30. The average Bonchev–Trinajstić information content (AvgIpc) is 1.81. The van der Waals surface area contributed by atoms with Crippen molar-refractivity contribution in [1.29, 1.82) is 5.53 Å². The predicted molar refractivity (Wildman–Crippen MR) is 32.3 cm³/mol. The topological polar surface area (TPSA) is 90.9 Å². The Morgan fingerprint density at radius 2 is 2.30 bits per heavy atom. The molecule has 56 valence electrons. The van der Waals surface area contributed by atoms with Crippen LogP contribution in [0.4, 0.5) is 4.79 Å². The quantitative estimate of drug-likeness (QED) is 0.342. The van der Waals surface area contributed by atoms with Gasteiger partial charge in [0.15, 0.2) is 0 Å². The number of carbonyl (C=O) groups is 1. The van der Waals surface area contributed by atoms with Gasteiger partial charge in [-0.3, -0.25) is 0 Å². The van der Waals surface area contributed by atoms with E-state index in [0.717, 1.165) is 0 Å². The maximum atomic E-state index is 10.2. The first-order chi connectivity index (χ1) is 4.59. The number of nitrogens with one attached hydrogen (secondary N) is 1. The van der Waals surface area contributed by atoms with Gasteiger partial charge >= 0.3 is 6.09 Å². The molecule has 0 aliphatic heterocycles. The van der Waals surface area contributed by atoms with E-state index in [1.54, 1.807) is 13.8 Å². The van der Waals surface area contributed by atoms with E-state index in [-0.39, 0.29) is 6.04 Å². The van der Waals surface area contributed by atoms with Crippen LogP contribution in [0.25, 0.3) is 0 Å². The van der Waals surface area contributed by atoms with Gasteiger partial charge in [-0.05, 0) is 24.4 Å². The molecule has 0 aromatic heterocycles. The van der Waals surface area contributed by atoms with Gasteiger partial charge in [-0.2, -0.15) is 4.79 Å². The lowest BCUT2D eigenvalue weighted by atomic mass is 10.4. The highest BCUT2D eigenvalue weighted by atomic mass is 16.4. The largest absolute Gasteiger partial charge is 0.526 e. The summed E-state index contributed by atoms with van der Waals surface area (Å²) in [6.45, 7) is 3.28. The van der Waals surface area contributed by atoms with Crippen LogP contribution in [0.3, 0.4) is 0 Å². The fourth-order valence-corrected chi connectivity index (χ4v) is 0.411. The molecule has 6 heteroatoms. The van der Waals surface area contributed by atoms with Gasteiger partial charge in [-0.1, -0.05) is 0 Å². The fourth-order valence-electron chi connectivity index (χ4n) is 0.411. The predicted octanol–water partition coefficient (Wildman–Crippen LogP) is 0.840. The van der Waals surface area contributed by atoms with Crippen LogP contribution in [0.15, 0.2) is 5.22 Å². The van der Waals surface area contributed by atoms with E-state index in [9.17, 15) is 4.79 Å². The molecule has 2 N–H and O–H groups in total. The van der Waals surface area contributed by atoms with E-state index in [1.165, 1.54) is 0 Å². The first-order valence-corrected chi connectivity index (χ1v) is 2.69. The number of hydrogen-bond acceptors (Lipinski definition) is 3. The summed E-state index contributed by atoms with van der Waals surface area (Å²) >= 11 is 0. The smallest absolute Gasteiger partial charge is 0.445 e. The summed E-state index contributed by atoms with van der Waals surface area (Å²) in [7, 11) is 0. The molecule has 1 amide bonds. The van der Waals surface area contributed by atoms with E-state index in [0.29, 0.717) is 5.01 Å². The molecule has 0 unspecified atom stereocenters. The molecule has 0 radical (unpaired) electrons. The summed E-state index contributed by atoms with van der Waals surface area (Å²) in [6.07, 6.45) is -1.20. The van der Waals surface area contributed by atoms with Crippen molar-refractivity contribution >= 4 is 6.09 Å². The molecule has 0 rings (SSSR count). The minimum Gasteiger partial charge on any atom is -0.445 e. The zero-order valence-corrected chi connectivity index (χ0v) is 5.77. The van der Waals surface area contributed by atoms with Crippen LogP contribution in [-0.4, -0.2) is 22.3 Å². The van der Waals surface area contributed by atoms with Crippen LogP contribution in [0.2, 0.25) is 0 Å². The Morgan fingerprint density at radius 1 is 1.80 bits per heavy atom. The van der Waals surface area contributed by atoms with Crippen LogP contribution in [0.1, 0.15) is 13.8 Å². The van der Waals surface area contributed by atoms with E-state index < -0.39 is 6.09 Å². The molecule has 0 aromatic carbocycles. The first kappa shape index (κ1) is 8.58. The van der Waals surface area contributed by atoms with Crippen molar-refractivity contribution < 1.29 is 9.90 Å². The number of amides is 1. The zero-order chi connectivity index (χ0) is 8.15. The van der Waals surface area contributed by atoms with Crippen molar-refractivity contribution in [2.75, 3.05) is 0 Å². The molecule has 10 heavy (non-hydrogen) atoms. The molecule has 0 aromatic rings. The highest BCUT2D eigenvalue weighted by Gasteiger charge is 2.24. The van der Waals surface area contributed by atoms with Crippen molar-refractivity contribution in [2.45, 2.75) is 19.9 Å². The van der Waals surface area contributed by atoms with E-state index in [4.69, 9.17) is 10.6 Å². The third-order valence-electron chi connectivity index (χ3n) is 0.826. The van der Waals surface area contributed by atoms with Gasteiger partial charge in [0.1, 0.15) is 6.04 Å². The Kier molecular flexibility index (Phi) is 3.07. The summed E-state index contributed by atoms with van der Waals surface area (Å²) in [5.74, 6) is 0. The van der Waals surface area contributed by atoms with Crippen molar-refractivity contribution in [3.8, 4) is 0 Å². The van der Waals surface area contributed by atoms with Gasteiger partial charge in [0, 0.05) is 0 Å². The summed E-state index contributed by atoms with van der Waals surface area (Å²) < 4.78 is 0. The third kappa shape index (κ3) is 2.23. The standard InChI is InChI=1S/C4H8N4O2/c1-3(2)8(4(9)10)7-6-5/h3,5H,1-2H3/p+1. The Bertz CT molecular complexity index is 170. The molecule has 0 fully saturated rings. The van der Waals surface area contributed by atoms with Crippen molar-refractivity contribution in [2.24, 2.45) is 5.22 Å². The second kappa shape index (κ2) is 3.58. The minimum atomic E-state index is -1.20. The highest BCUT2D eigenvalue weighted by Crippen LogP contribution is 1.96. The molecule has 0 aliphatic carbocycles. The number of rotatable bonds is 2. The normalized spacial score (nSPS) is 8.70. The lowest BCUT2D eigenvalue weighted by Gasteiger charge is -2.02. The Hall–Kier alpha value is -1.42. The summed E-state index contributed by atoms with van der Waals surface area (Å²) in [4.78, 5) is 12.8. The van der Waals surface area contributed by atoms with E-state index in [1.807, 2.05) is 0 Å². The molecular formula is C4H9N4O2+. The first-order valence-electron chi connectivity index (χ1n) is 2.69. The molecule has 0 aliphatic rings. The molecular weight excluding hydrogens is 136 g/mol. The Labute approximate surface area is 57.7 Å². The van der Waals surface area contributed by atoms with E-state index >= 15 is 0 Å². The van der Waals surface area contributed by atoms with Gasteiger partial charge < -0.3 is 5.11 Å². The molecule has 0 atom stereocenters. The van der Waals surface area contributed by atoms with Crippen LogP contribution in [-0.2, 0) is 0 Å². The second-order valence-corrected chi connectivity index (χ2v) is 1.91. The van der Waals surface area contributed by atoms with Crippen LogP contribution in [0.5, 0.6) is 0 Å². The van der Waals surface area contributed by atoms with Gasteiger partial charge in [-0.15, -0.1) is 0 Å². The summed E-state index contributed by atoms with van der Waals surface area (Å²) in [5.41, 5.74) is 6.27. The van der Waals surface area contributed by atoms with E-state index in [2.05, 4.69) is 10.1 Å². The molecule has 0 saturated heterocycles. The monoisotopic (exact) mass is 145 g/mol. The molecule has 0 bridgehead atoms. The van der Waals surface area contributed by atoms with Crippen molar-refractivity contribution in [1.82, 2.24) is 9.92 Å². The fraction of sp³-hybridized carbons (Fsp3) is 0.750. The Morgan fingerprint density at radius 3 is 2.40 bits per heavy atom. The average molecular weight is 145 g/mol. The maximum absolute atomic E-state index is 10.2. The van der Waals surface area contributed by atoms with Crippen molar-refractivity contribution in [3.05, 3.63) is 0 Å². The summed E-state index contributed by atoms with van der Waals surface area (Å²) in [5, 5.41) is 12.1. The van der Waals surface area contributed by atoms with Crippen LogP contribution >= 0.6 is 0 Å². The van der Waals surface area contributed by atoms with Crippen LogP contribution in [0, 0.1) is 5.53 Å². The maximum Gasteiger partial charge on any atom is 0.526 e. The summed E-state index contributed by atoms with van der Waals surface area (Å²) in [6, 6.07) is -0.286. The molecule has 6 nitrogen and oxygen atoms in total. The van der Waals surface area contributed by atoms with Crippen LogP contribution < -0.4 is 4.91 Å². The molecule has 0 saturated carbocycles. The minimum absolute atomic E-state index is 0.286. The molecule has 0 spiro atoms. The zero-order valence-electron chi connectivity index (χ0n) is 5.77. The number of nitrogens with zero attached hydrogens (tertiary/aromatic N) is 3. The van der Waals surface area contributed by atoms with Gasteiger partial charge in [-0.25, -0.2) is 0 Å². The SMILES string of the molecule is CC(C)N(N=[N+]=N)C(=O)O. The Balaban J connectivity index is 4.26. The molecule has 0 heterocycles. The van der Waals surface area contributed by atoms with Gasteiger partial charge in [0.25, 0.3) is 0 Å². The van der Waals surface area contributed by atoms with Gasteiger partial charge in [0.2, 0.25) is 5.22 Å². The number of carboxylic acid groups (broad SMARTS) is 1. The van der Waals surface area contributed by atoms with Crippen molar-refractivity contribution in [3.63, 3.8) is 0 Å².